The summed E-state index contributed by atoms with van der Waals surface area (Å²) in [5.74, 6) is -3.36. The van der Waals surface area contributed by atoms with Crippen molar-refractivity contribution in [3.63, 3.8) is 0 Å². The molecule has 0 aliphatic carbocycles. The van der Waals surface area contributed by atoms with Crippen molar-refractivity contribution in [2.75, 3.05) is 19.8 Å². The molecule has 3 N–H and O–H groups in total. The highest BCUT2D eigenvalue weighted by atomic mass is 28.4. The lowest BCUT2D eigenvalue weighted by molar-refractivity contribution is -0.189. The lowest BCUT2D eigenvalue weighted by atomic mass is 9.94. The van der Waals surface area contributed by atoms with E-state index in [1.807, 2.05) is 0 Å². The van der Waals surface area contributed by atoms with Crippen molar-refractivity contribution in [3.8, 4) is 0 Å². The monoisotopic (exact) mass is 340 g/mol. The van der Waals surface area contributed by atoms with Crippen LogP contribution in [0.3, 0.4) is 0 Å². The molecule has 10 heteroatoms. The third kappa shape index (κ3) is 5.00. The van der Waals surface area contributed by atoms with Gasteiger partial charge in [0.05, 0.1) is 0 Å². The van der Waals surface area contributed by atoms with Gasteiger partial charge < -0.3 is 33.0 Å². The summed E-state index contributed by atoms with van der Waals surface area (Å²) in [5, 5.41) is 28.5. The molecule has 0 saturated carbocycles. The molecule has 0 rings (SSSR count). The van der Waals surface area contributed by atoms with Gasteiger partial charge in [-0.2, -0.15) is 0 Å². The van der Waals surface area contributed by atoms with Gasteiger partial charge in [0.1, 0.15) is 0 Å². The summed E-state index contributed by atoms with van der Waals surface area (Å²) < 4.78 is 21.2. The molecule has 0 aliphatic rings. The van der Waals surface area contributed by atoms with Gasteiger partial charge in [0.25, 0.3) is 0 Å². The van der Waals surface area contributed by atoms with Crippen LogP contribution in [0.5, 0.6) is 0 Å². The van der Waals surface area contributed by atoms with Crippen LogP contribution in [0.4, 0.5) is 0 Å². The molecule has 2 atom stereocenters. The lowest BCUT2D eigenvalue weighted by Crippen LogP contribution is -2.61. The maximum absolute atomic E-state index is 11.4. The molecule has 22 heavy (non-hydrogen) atoms. The summed E-state index contributed by atoms with van der Waals surface area (Å²) >= 11 is 0. The molecule has 0 spiro atoms. The first-order chi connectivity index (χ1) is 10.2. The number of aliphatic hydroxyl groups is 1. The third-order valence-electron chi connectivity index (χ3n) is 2.79. The minimum Gasteiger partial charge on any atom is -0.479 e. The molecule has 0 aliphatic heterocycles. The molecule has 9 nitrogen and oxygen atoms in total. The number of hydrogen-bond donors (Lipinski definition) is 3. The van der Waals surface area contributed by atoms with Crippen molar-refractivity contribution in [1.82, 2.24) is 0 Å². The smallest absolute Gasteiger partial charge is 0.479 e. The molecule has 0 heterocycles. The van der Waals surface area contributed by atoms with Gasteiger partial charge in [-0.3, -0.25) is 0 Å². The molecule has 0 fully saturated rings. The molecule has 0 saturated heterocycles. The standard InChI is InChI=1S/C12H24O9Si/c1-5-12(17,11(15)16)9(10(13)14)21-22(18-6-2,19-7-3)20-8-4/h9,17H,5-8H2,1-4H3,(H,13,14)(H,15,16). The molecule has 0 aromatic carbocycles. The minimum absolute atomic E-state index is 0.107. The van der Waals surface area contributed by atoms with Gasteiger partial charge in [0, 0.05) is 19.8 Å². The summed E-state index contributed by atoms with van der Waals surface area (Å²) in [6, 6.07) is 0. The number of aliphatic carboxylic acids is 2. The van der Waals surface area contributed by atoms with Crippen LogP contribution in [0.2, 0.25) is 0 Å². The Morgan fingerprint density at radius 2 is 1.41 bits per heavy atom. The van der Waals surface area contributed by atoms with Gasteiger partial charge in [0.2, 0.25) is 0 Å². The summed E-state index contributed by atoms with van der Waals surface area (Å²) in [4.78, 5) is 22.7. The second kappa shape index (κ2) is 9.18. The van der Waals surface area contributed by atoms with Gasteiger partial charge in [-0.25, -0.2) is 9.59 Å². The minimum atomic E-state index is -3.90. The van der Waals surface area contributed by atoms with Crippen LogP contribution in [0.1, 0.15) is 34.1 Å². The fourth-order valence-corrected chi connectivity index (χ4v) is 3.80. The molecule has 0 aromatic rings. The van der Waals surface area contributed by atoms with Crippen LogP contribution in [-0.4, -0.2) is 67.8 Å². The van der Waals surface area contributed by atoms with Crippen molar-refractivity contribution >= 4 is 21.0 Å². The first-order valence-electron chi connectivity index (χ1n) is 7.01. The van der Waals surface area contributed by atoms with E-state index in [2.05, 4.69) is 0 Å². The van der Waals surface area contributed by atoms with Crippen LogP contribution in [0.15, 0.2) is 0 Å². The van der Waals surface area contributed by atoms with E-state index in [1.54, 1.807) is 20.8 Å². The van der Waals surface area contributed by atoms with Crippen LogP contribution >= 0.6 is 0 Å². The Morgan fingerprint density at radius 3 is 1.64 bits per heavy atom. The zero-order valence-electron chi connectivity index (χ0n) is 13.2. The molecule has 0 bridgehead atoms. The predicted molar refractivity (Wildman–Crippen MR) is 76.0 cm³/mol. The largest absolute Gasteiger partial charge is 0.680 e. The van der Waals surface area contributed by atoms with Crippen molar-refractivity contribution in [2.24, 2.45) is 0 Å². The second-order valence-electron chi connectivity index (χ2n) is 4.22. The van der Waals surface area contributed by atoms with Crippen LogP contribution in [0, 0.1) is 0 Å². The van der Waals surface area contributed by atoms with Gasteiger partial charge in [-0.1, -0.05) is 6.92 Å². The first-order valence-corrected chi connectivity index (χ1v) is 8.64. The van der Waals surface area contributed by atoms with Crippen molar-refractivity contribution in [1.29, 1.82) is 0 Å². The Morgan fingerprint density at radius 1 is 1.00 bits per heavy atom. The highest BCUT2D eigenvalue weighted by Gasteiger charge is 2.56. The highest BCUT2D eigenvalue weighted by molar-refractivity contribution is 6.53. The fraction of sp³-hybridized carbons (Fsp3) is 0.833. The highest BCUT2D eigenvalue weighted by Crippen LogP contribution is 2.25. The third-order valence-corrected chi connectivity index (χ3v) is 5.24. The van der Waals surface area contributed by atoms with Gasteiger partial charge in [0.15, 0.2) is 11.7 Å². The molecule has 0 radical (unpaired) electrons. The van der Waals surface area contributed by atoms with Crippen molar-refractivity contribution < 1.29 is 42.6 Å². The van der Waals surface area contributed by atoms with Gasteiger partial charge in [-0.15, -0.1) is 0 Å². The fourth-order valence-electron chi connectivity index (χ4n) is 1.70. The molecular weight excluding hydrogens is 316 g/mol. The van der Waals surface area contributed by atoms with E-state index < -0.39 is 32.7 Å². The van der Waals surface area contributed by atoms with E-state index in [0.717, 1.165) is 0 Å². The predicted octanol–water partition coefficient (Wildman–Crippen LogP) is 0.227. The SMILES string of the molecule is CCO[Si](OCC)(OCC)OC(C(=O)O)C(O)(CC)C(=O)O. The van der Waals surface area contributed by atoms with Crippen LogP contribution in [-0.2, 0) is 27.3 Å². The van der Waals surface area contributed by atoms with Crippen molar-refractivity contribution in [2.45, 2.75) is 45.8 Å². The Hall–Kier alpha value is -1.04. The summed E-state index contributed by atoms with van der Waals surface area (Å²) in [6.45, 7) is 6.54. The van der Waals surface area contributed by atoms with E-state index in [0.29, 0.717) is 0 Å². The number of hydrogen-bond acceptors (Lipinski definition) is 7. The Kier molecular flexibility index (Phi) is 8.74. The van der Waals surface area contributed by atoms with Crippen LogP contribution in [0.25, 0.3) is 0 Å². The second-order valence-corrected chi connectivity index (χ2v) is 6.32. The Balaban J connectivity index is 5.65. The number of carbonyl (C=O) groups is 2. The van der Waals surface area contributed by atoms with Crippen LogP contribution < -0.4 is 0 Å². The van der Waals surface area contributed by atoms with E-state index >= 15 is 0 Å². The van der Waals surface area contributed by atoms with E-state index in [1.165, 1.54) is 6.92 Å². The Labute approximate surface area is 130 Å². The summed E-state index contributed by atoms with van der Waals surface area (Å²) in [6.07, 6.45) is -2.47. The van der Waals surface area contributed by atoms with Gasteiger partial charge in [-0.05, 0) is 27.2 Å². The lowest BCUT2D eigenvalue weighted by Gasteiger charge is -2.34. The average Bonchev–Trinajstić information content (AvgIpc) is 2.44. The zero-order chi connectivity index (χ0) is 17.4. The topological polar surface area (TPSA) is 132 Å². The quantitative estimate of drug-likeness (QED) is 0.427. The average molecular weight is 340 g/mol. The molecule has 0 amide bonds. The van der Waals surface area contributed by atoms with Gasteiger partial charge >= 0.3 is 21.0 Å². The number of carboxylic acid groups (broad SMARTS) is 2. The summed E-state index contributed by atoms with van der Waals surface area (Å²) in [7, 11) is -3.90. The molecule has 130 valence electrons. The number of rotatable bonds is 12. The molecule has 0 aromatic heterocycles. The summed E-state index contributed by atoms with van der Waals surface area (Å²) in [5.41, 5.74) is -2.63. The molecule has 2 unspecified atom stereocenters. The Bertz CT molecular complexity index is 359. The number of carboxylic acids is 2. The zero-order valence-corrected chi connectivity index (χ0v) is 14.2. The van der Waals surface area contributed by atoms with E-state index in [-0.39, 0.29) is 26.2 Å². The van der Waals surface area contributed by atoms with E-state index in [9.17, 15) is 19.8 Å². The van der Waals surface area contributed by atoms with E-state index in [4.69, 9.17) is 22.8 Å². The first kappa shape index (κ1) is 21.0. The maximum Gasteiger partial charge on any atom is 0.680 e. The van der Waals surface area contributed by atoms with Crippen molar-refractivity contribution in [3.05, 3.63) is 0 Å². The maximum atomic E-state index is 11.4. The normalized spacial score (nSPS) is 16.0. The molecular formula is C12H24O9Si.